The minimum Gasteiger partial charge on any atom is -0.376 e. The van der Waals surface area contributed by atoms with Crippen LogP contribution in [0.25, 0.3) is 11.1 Å². The quantitative estimate of drug-likeness (QED) is 0.538. The normalized spacial score (nSPS) is 16.5. The first kappa shape index (κ1) is 19.6. The van der Waals surface area contributed by atoms with Crippen LogP contribution in [0.15, 0.2) is 47.5 Å². The molecule has 1 aliphatic heterocycles. The molecule has 3 rings (SSSR count). The monoisotopic (exact) mass is 382 g/mol. The molecule has 0 aromatic carbocycles. The van der Waals surface area contributed by atoms with Crippen LogP contribution in [0.2, 0.25) is 0 Å². The molecular weight excluding hydrogens is 356 g/mol. The van der Waals surface area contributed by atoms with Crippen molar-refractivity contribution in [3.63, 3.8) is 0 Å². The topological polar surface area (TPSA) is 102 Å². The van der Waals surface area contributed by atoms with E-state index in [2.05, 4.69) is 25.9 Å². The molecular formula is C20H26N6O2. The Kier molecular flexibility index (Phi) is 6.44. The first-order valence-corrected chi connectivity index (χ1v) is 9.34. The van der Waals surface area contributed by atoms with E-state index in [0.717, 1.165) is 23.4 Å². The highest BCUT2D eigenvalue weighted by Gasteiger charge is 2.25. The van der Waals surface area contributed by atoms with Gasteiger partial charge >= 0.3 is 0 Å². The highest BCUT2D eigenvalue weighted by molar-refractivity contribution is 5.87. The van der Waals surface area contributed by atoms with Crippen LogP contribution in [-0.2, 0) is 4.79 Å². The molecule has 0 unspecified atom stereocenters. The molecule has 8 nitrogen and oxygen atoms in total. The van der Waals surface area contributed by atoms with Crippen LogP contribution in [0.3, 0.4) is 0 Å². The van der Waals surface area contributed by atoms with Gasteiger partial charge in [0.2, 0.25) is 5.91 Å². The van der Waals surface area contributed by atoms with E-state index < -0.39 is 0 Å². The molecule has 0 radical (unpaired) electrons. The first-order valence-electron chi connectivity index (χ1n) is 9.34. The van der Waals surface area contributed by atoms with Crippen molar-refractivity contribution in [2.75, 3.05) is 44.4 Å². The number of carbonyl (C=O) groups is 1. The van der Waals surface area contributed by atoms with Crippen molar-refractivity contribution in [1.29, 1.82) is 0 Å². The standard InChI is InChI=1S/C20H26N6O2/c1-21-7-3-4-19(27)26-9-6-16(13-26)25-17-10-15(12-24-20(17)28)14-5-8-23-18(11-14)22-2/h3-5,8,10-12,16,21,25H,6-7,9,13H2,1-2H3,(H,22,23)(H,24,28)/b4-3+/t16-/m0/s1. The highest BCUT2D eigenvalue weighted by Crippen LogP contribution is 2.22. The van der Waals surface area contributed by atoms with Crippen molar-refractivity contribution in [3.8, 4) is 11.1 Å². The lowest BCUT2D eigenvalue weighted by atomic mass is 10.1. The molecule has 0 saturated carbocycles. The number of anilines is 2. The molecule has 3 heterocycles. The van der Waals surface area contributed by atoms with Crippen LogP contribution in [-0.4, -0.2) is 60.5 Å². The van der Waals surface area contributed by atoms with Gasteiger partial charge in [0.1, 0.15) is 11.5 Å². The maximum absolute atomic E-state index is 12.3. The number of nitrogens with one attached hydrogen (secondary N) is 4. The Bertz CT molecular complexity index is 908. The van der Waals surface area contributed by atoms with Gasteiger partial charge in [0.25, 0.3) is 5.56 Å². The van der Waals surface area contributed by atoms with E-state index in [1.807, 2.05) is 38.4 Å². The Hall–Kier alpha value is -3.13. The van der Waals surface area contributed by atoms with Crippen molar-refractivity contribution >= 4 is 17.4 Å². The summed E-state index contributed by atoms with van der Waals surface area (Å²) in [5.74, 6) is 0.757. The van der Waals surface area contributed by atoms with E-state index >= 15 is 0 Å². The summed E-state index contributed by atoms with van der Waals surface area (Å²) in [5.41, 5.74) is 2.18. The smallest absolute Gasteiger partial charge is 0.271 e. The van der Waals surface area contributed by atoms with Crippen LogP contribution in [0.1, 0.15) is 6.42 Å². The van der Waals surface area contributed by atoms with Crippen LogP contribution < -0.4 is 21.5 Å². The van der Waals surface area contributed by atoms with Crippen LogP contribution >= 0.6 is 0 Å². The van der Waals surface area contributed by atoms with Gasteiger partial charge in [-0.05, 0) is 37.2 Å². The van der Waals surface area contributed by atoms with Gasteiger partial charge in [-0.1, -0.05) is 6.08 Å². The minimum atomic E-state index is -0.176. The number of rotatable bonds is 7. The Morgan fingerprint density at radius 3 is 3.00 bits per heavy atom. The molecule has 28 heavy (non-hydrogen) atoms. The predicted octanol–water partition coefficient (Wildman–Crippen LogP) is 1.27. The van der Waals surface area contributed by atoms with Gasteiger partial charge in [-0.3, -0.25) is 9.59 Å². The summed E-state index contributed by atoms with van der Waals surface area (Å²) in [7, 11) is 3.65. The van der Waals surface area contributed by atoms with E-state index in [4.69, 9.17) is 0 Å². The Morgan fingerprint density at radius 1 is 1.36 bits per heavy atom. The van der Waals surface area contributed by atoms with Gasteiger partial charge in [-0.15, -0.1) is 0 Å². The largest absolute Gasteiger partial charge is 0.376 e. The summed E-state index contributed by atoms with van der Waals surface area (Å²) in [6, 6.07) is 5.70. The lowest BCUT2D eigenvalue weighted by Crippen LogP contribution is -2.31. The van der Waals surface area contributed by atoms with Crippen LogP contribution in [0.4, 0.5) is 11.5 Å². The number of aromatic amines is 1. The Labute approximate surface area is 164 Å². The Morgan fingerprint density at radius 2 is 2.21 bits per heavy atom. The molecule has 1 atom stereocenters. The molecule has 1 fully saturated rings. The Balaban J connectivity index is 1.69. The second kappa shape index (κ2) is 9.18. The molecule has 1 aliphatic rings. The van der Waals surface area contributed by atoms with Crippen molar-refractivity contribution in [2.45, 2.75) is 12.5 Å². The second-order valence-corrected chi connectivity index (χ2v) is 6.69. The molecule has 2 aromatic rings. The van der Waals surface area contributed by atoms with E-state index in [0.29, 0.717) is 25.3 Å². The van der Waals surface area contributed by atoms with E-state index in [1.54, 1.807) is 23.4 Å². The average Bonchev–Trinajstić information content (AvgIpc) is 3.18. The molecule has 0 bridgehead atoms. The molecule has 0 aliphatic carbocycles. The van der Waals surface area contributed by atoms with E-state index in [9.17, 15) is 9.59 Å². The number of likely N-dealkylation sites (tertiary alicyclic amines) is 1. The summed E-state index contributed by atoms with van der Waals surface area (Å²) in [4.78, 5) is 33.2. The van der Waals surface area contributed by atoms with Gasteiger partial charge in [0.05, 0.1) is 0 Å². The predicted molar refractivity (Wildman–Crippen MR) is 112 cm³/mol. The number of hydrogen-bond donors (Lipinski definition) is 4. The maximum Gasteiger partial charge on any atom is 0.271 e. The highest BCUT2D eigenvalue weighted by atomic mass is 16.2. The number of pyridine rings is 2. The van der Waals surface area contributed by atoms with Crippen LogP contribution in [0, 0.1) is 0 Å². The third-order valence-corrected chi connectivity index (χ3v) is 4.69. The van der Waals surface area contributed by atoms with Gasteiger partial charge in [-0.25, -0.2) is 4.98 Å². The summed E-state index contributed by atoms with van der Waals surface area (Å²) < 4.78 is 0. The van der Waals surface area contributed by atoms with Crippen molar-refractivity contribution in [1.82, 2.24) is 20.2 Å². The number of aromatic nitrogens is 2. The first-order chi connectivity index (χ1) is 13.6. The SMILES string of the molecule is CNC/C=C/C(=O)N1CC[C@H](Nc2cc(-c3ccnc(NC)c3)c[nH]c2=O)C1. The summed E-state index contributed by atoms with van der Waals surface area (Å²) in [6.45, 7) is 1.91. The lowest BCUT2D eigenvalue weighted by Gasteiger charge is -2.16. The zero-order valence-electron chi connectivity index (χ0n) is 16.2. The number of likely N-dealkylation sites (N-methyl/N-ethyl adjacent to an activating group) is 1. The van der Waals surface area contributed by atoms with Crippen molar-refractivity contribution < 1.29 is 4.79 Å². The van der Waals surface area contributed by atoms with Crippen molar-refractivity contribution in [2.24, 2.45) is 0 Å². The second-order valence-electron chi connectivity index (χ2n) is 6.69. The summed E-state index contributed by atoms with van der Waals surface area (Å²) in [5, 5.41) is 9.28. The number of amides is 1. The molecule has 4 N–H and O–H groups in total. The third-order valence-electron chi connectivity index (χ3n) is 4.69. The summed E-state index contributed by atoms with van der Waals surface area (Å²) in [6.07, 6.45) is 7.62. The molecule has 1 saturated heterocycles. The molecule has 8 heteroatoms. The number of nitrogens with zero attached hydrogens (tertiary/aromatic N) is 2. The lowest BCUT2D eigenvalue weighted by molar-refractivity contribution is -0.125. The number of hydrogen-bond acceptors (Lipinski definition) is 6. The molecule has 1 amide bonds. The van der Waals surface area contributed by atoms with Crippen molar-refractivity contribution in [3.05, 3.63) is 53.1 Å². The summed E-state index contributed by atoms with van der Waals surface area (Å²) >= 11 is 0. The zero-order chi connectivity index (χ0) is 19.9. The average molecular weight is 382 g/mol. The molecule has 2 aromatic heterocycles. The van der Waals surface area contributed by atoms with Gasteiger partial charge < -0.3 is 25.8 Å². The molecule has 148 valence electrons. The number of carbonyl (C=O) groups excluding carboxylic acids is 1. The third kappa shape index (κ3) is 4.77. The fourth-order valence-corrected chi connectivity index (χ4v) is 3.19. The van der Waals surface area contributed by atoms with E-state index in [1.165, 1.54) is 0 Å². The maximum atomic E-state index is 12.3. The minimum absolute atomic E-state index is 0.00130. The number of H-pyrrole nitrogens is 1. The fourth-order valence-electron chi connectivity index (χ4n) is 3.19. The van der Waals surface area contributed by atoms with Gasteiger partial charge in [-0.2, -0.15) is 0 Å². The van der Waals surface area contributed by atoms with Gasteiger partial charge in [0.15, 0.2) is 0 Å². The zero-order valence-corrected chi connectivity index (χ0v) is 16.2. The van der Waals surface area contributed by atoms with E-state index in [-0.39, 0.29) is 17.5 Å². The fraction of sp³-hybridized carbons (Fsp3) is 0.350. The molecule has 0 spiro atoms. The van der Waals surface area contributed by atoms with Crippen LogP contribution in [0.5, 0.6) is 0 Å². The van der Waals surface area contributed by atoms with Gasteiger partial charge in [0, 0.05) is 56.8 Å².